The third-order valence-electron chi connectivity index (χ3n) is 2.29. The summed E-state index contributed by atoms with van der Waals surface area (Å²) in [5.41, 5.74) is 1.37. The monoisotopic (exact) mass is 204 g/mol. The van der Waals surface area contributed by atoms with Crippen LogP contribution in [-0.4, -0.2) is 11.5 Å². The van der Waals surface area contributed by atoms with Crippen molar-refractivity contribution in [2.24, 2.45) is 0 Å². The molecule has 0 saturated heterocycles. The molecular weight excluding hydrogens is 191 g/mol. The number of rotatable bonds is 3. The first-order valence-electron chi connectivity index (χ1n) is 5.10. The molecule has 3 heteroatoms. The van der Waals surface area contributed by atoms with Crippen LogP contribution in [-0.2, 0) is 0 Å². The van der Waals surface area contributed by atoms with Crippen LogP contribution in [0, 0.1) is 5.82 Å². The molecule has 15 heavy (non-hydrogen) atoms. The van der Waals surface area contributed by atoms with Crippen LogP contribution in [0.2, 0.25) is 0 Å². The zero-order valence-electron chi connectivity index (χ0n) is 8.63. The number of fused-ring (bicyclic) bond motifs is 1. The van der Waals surface area contributed by atoms with Crippen LogP contribution in [0.5, 0.6) is 0 Å². The minimum atomic E-state index is -0.271. The average Bonchev–Trinajstić information content (AvgIpc) is 2.27. The summed E-state index contributed by atoms with van der Waals surface area (Å²) >= 11 is 0. The Labute approximate surface area is 88.1 Å². The maximum absolute atomic E-state index is 13.4. The van der Waals surface area contributed by atoms with Gasteiger partial charge in [0.05, 0.1) is 0 Å². The van der Waals surface area contributed by atoms with E-state index in [-0.39, 0.29) is 5.82 Å². The summed E-state index contributed by atoms with van der Waals surface area (Å²) in [5.74, 6) is -0.271. The fourth-order valence-corrected chi connectivity index (χ4v) is 1.55. The number of hydrogen-bond acceptors (Lipinski definition) is 2. The van der Waals surface area contributed by atoms with Gasteiger partial charge in [-0.2, -0.15) is 0 Å². The maximum atomic E-state index is 13.4. The molecule has 0 radical (unpaired) electrons. The third kappa shape index (κ3) is 1.91. The normalized spacial score (nSPS) is 10.5. The molecule has 0 saturated carbocycles. The molecule has 0 unspecified atom stereocenters. The first-order chi connectivity index (χ1) is 7.33. The lowest BCUT2D eigenvalue weighted by Crippen LogP contribution is -2.00. The van der Waals surface area contributed by atoms with E-state index in [0.717, 1.165) is 24.0 Å². The zero-order chi connectivity index (χ0) is 10.7. The van der Waals surface area contributed by atoms with Gasteiger partial charge in [-0.25, -0.2) is 4.39 Å². The second-order valence-corrected chi connectivity index (χ2v) is 3.42. The van der Waals surface area contributed by atoms with Crippen LogP contribution in [0.1, 0.15) is 13.3 Å². The quantitative estimate of drug-likeness (QED) is 0.830. The van der Waals surface area contributed by atoms with Crippen LogP contribution in [0.4, 0.5) is 10.1 Å². The minimum absolute atomic E-state index is 0.271. The Kier molecular flexibility index (Phi) is 2.81. The van der Waals surface area contributed by atoms with Gasteiger partial charge in [0, 0.05) is 23.8 Å². The van der Waals surface area contributed by atoms with Gasteiger partial charge in [0.1, 0.15) is 11.3 Å². The van der Waals surface area contributed by atoms with Gasteiger partial charge in [-0.15, -0.1) is 0 Å². The zero-order valence-corrected chi connectivity index (χ0v) is 8.63. The smallest absolute Gasteiger partial charge is 0.149 e. The SMILES string of the molecule is CCCNc1ccnc2c(F)cccc12. The molecule has 1 aromatic carbocycles. The summed E-state index contributed by atoms with van der Waals surface area (Å²) in [7, 11) is 0. The summed E-state index contributed by atoms with van der Waals surface area (Å²) < 4.78 is 13.4. The van der Waals surface area contributed by atoms with E-state index >= 15 is 0 Å². The molecule has 2 aromatic rings. The van der Waals surface area contributed by atoms with E-state index in [9.17, 15) is 4.39 Å². The molecule has 0 aliphatic rings. The van der Waals surface area contributed by atoms with Crippen molar-refractivity contribution in [3.63, 3.8) is 0 Å². The maximum Gasteiger partial charge on any atom is 0.149 e. The highest BCUT2D eigenvalue weighted by molar-refractivity contribution is 5.91. The van der Waals surface area contributed by atoms with Crippen LogP contribution >= 0.6 is 0 Å². The van der Waals surface area contributed by atoms with Gasteiger partial charge in [0.25, 0.3) is 0 Å². The summed E-state index contributed by atoms with van der Waals surface area (Å²) in [6.45, 7) is 2.98. The highest BCUT2D eigenvalue weighted by atomic mass is 19.1. The number of para-hydroxylation sites is 1. The highest BCUT2D eigenvalue weighted by Crippen LogP contribution is 2.22. The van der Waals surface area contributed by atoms with Crippen molar-refractivity contribution in [1.82, 2.24) is 4.98 Å². The van der Waals surface area contributed by atoms with Crippen molar-refractivity contribution in [2.75, 3.05) is 11.9 Å². The molecule has 0 aliphatic heterocycles. The van der Waals surface area contributed by atoms with E-state index < -0.39 is 0 Å². The Morgan fingerprint density at radius 3 is 3.00 bits per heavy atom. The van der Waals surface area contributed by atoms with E-state index in [0.29, 0.717) is 5.52 Å². The molecule has 1 N–H and O–H groups in total. The predicted octanol–water partition coefficient (Wildman–Crippen LogP) is 3.20. The minimum Gasteiger partial charge on any atom is -0.384 e. The van der Waals surface area contributed by atoms with E-state index in [1.165, 1.54) is 6.07 Å². The van der Waals surface area contributed by atoms with Crippen molar-refractivity contribution in [3.05, 3.63) is 36.3 Å². The molecule has 2 nitrogen and oxygen atoms in total. The molecule has 0 bridgehead atoms. The van der Waals surface area contributed by atoms with Crippen LogP contribution < -0.4 is 5.32 Å². The summed E-state index contributed by atoms with van der Waals surface area (Å²) in [5, 5.41) is 4.10. The van der Waals surface area contributed by atoms with Crippen LogP contribution in [0.15, 0.2) is 30.5 Å². The van der Waals surface area contributed by atoms with Crippen molar-refractivity contribution in [1.29, 1.82) is 0 Å². The fraction of sp³-hybridized carbons (Fsp3) is 0.250. The molecule has 0 aliphatic carbocycles. The van der Waals surface area contributed by atoms with Crippen molar-refractivity contribution < 1.29 is 4.39 Å². The molecular formula is C12H13FN2. The number of benzene rings is 1. The standard InChI is InChI=1S/C12H13FN2/c1-2-7-14-11-6-8-15-12-9(11)4-3-5-10(12)13/h3-6,8H,2,7H2,1H3,(H,14,15). The van der Waals surface area contributed by atoms with Crippen molar-refractivity contribution in [3.8, 4) is 0 Å². The average molecular weight is 204 g/mol. The number of nitrogens with zero attached hydrogens (tertiary/aromatic N) is 1. The summed E-state index contributed by atoms with van der Waals surface area (Å²) in [4.78, 5) is 4.03. The molecule has 0 amide bonds. The topological polar surface area (TPSA) is 24.9 Å². The number of nitrogens with one attached hydrogen (secondary N) is 1. The summed E-state index contributed by atoms with van der Waals surface area (Å²) in [6, 6.07) is 6.89. The lowest BCUT2D eigenvalue weighted by molar-refractivity contribution is 0.637. The fourth-order valence-electron chi connectivity index (χ4n) is 1.55. The number of pyridine rings is 1. The predicted molar refractivity (Wildman–Crippen MR) is 60.5 cm³/mol. The van der Waals surface area contributed by atoms with Crippen molar-refractivity contribution in [2.45, 2.75) is 13.3 Å². The van der Waals surface area contributed by atoms with Gasteiger partial charge in [-0.05, 0) is 18.6 Å². The van der Waals surface area contributed by atoms with Gasteiger partial charge in [0.2, 0.25) is 0 Å². The van der Waals surface area contributed by atoms with Crippen LogP contribution in [0.3, 0.4) is 0 Å². The molecule has 0 fully saturated rings. The van der Waals surface area contributed by atoms with Crippen molar-refractivity contribution >= 4 is 16.6 Å². The lowest BCUT2D eigenvalue weighted by atomic mass is 10.2. The molecule has 0 spiro atoms. The molecule has 1 heterocycles. The number of hydrogen-bond donors (Lipinski definition) is 1. The van der Waals surface area contributed by atoms with E-state index in [2.05, 4.69) is 17.2 Å². The number of halogens is 1. The molecule has 78 valence electrons. The Balaban J connectivity index is 2.51. The lowest BCUT2D eigenvalue weighted by Gasteiger charge is -2.08. The number of anilines is 1. The molecule has 2 rings (SSSR count). The first-order valence-corrected chi connectivity index (χ1v) is 5.10. The van der Waals surface area contributed by atoms with E-state index in [1.807, 2.05) is 12.1 Å². The Morgan fingerprint density at radius 2 is 2.20 bits per heavy atom. The molecule has 0 atom stereocenters. The van der Waals surface area contributed by atoms with E-state index in [1.54, 1.807) is 12.3 Å². The van der Waals surface area contributed by atoms with Crippen LogP contribution in [0.25, 0.3) is 10.9 Å². The summed E-state index contributed by atoms with van der Waals surface area (Å²) in [6.07, 6.45) is 2.67. The highest BCUT2D eigenvalue weighted by Gasteiger charge is 2.04. The van der Waals surface area contributed by atoms with Gasteiger partial charge in [0.15, 0.2) is 0 Å². The largest absolute Gasteiger partial charge is 0.384 e. The van der Waals surface area contributed by atoms with Gasteiger partial charge in [-0.1, -0.05) is 19.1 Å². The second-order valence-electron chi connectivity index (χ2n) is 3.42. The Bertz CT molecular complexity index is 468. The second kappa shape index (κ2) is 4.26. The third-order valence-corrected chi connectivity index (χ3v) is 2.29. The van der Waals surface area contributed by atoms with Gasteiger partial charge in [-0.3, -0.25) is 4.98 Å². The number of aromatic nitrogens is 1. The Morgan fingerprint density at radius 1 is 1.33 bits per heavy atom. The van der Waals surface area contributed by atoms with Gasteiger partial charge >= 0.3 is 0 Å². The molecule has 1 aromatic heterocycles. The Hall–Kier alpha value is -1.64. The first kappa shape index (κ1) is 9.90. The van der Waals surface area contributed by atoms with E-state index in [4.69, 9.17) is 0 Å². The van der Waals surface area contributed by atoms with Gasteiger partial charge < -0.3 is 5.32 Å².